The molecule has 156 valence electrons. The molecule has 0 fully saturated rings. The smallest absolute Gasteiger partial charge is 0.127 e. The Kier molecular flexibility index (Phi) is 5.83. The number of ether oxygens (including phenoxy) is 2. The number of methoxy groups -OCH3 is 1. The van der Waals surface area contributed by atoms with E-state index in [-0.39, 0.29) is 0 Å². The Hall–Kier alpha value is -3.50. The van der Waals surface area contributed by atoms with Crippen LogP contribution in [0.15, 0.2) is 107 Å². The normalized spacial score (nSPS) is 12.7. The minimum Gasteiger partial charge on any atom is -0.497 e. The largest absolute Gasteiger partial charge is 0.497 e. The predicted octanol–water partition coefficient (Wildman–Crippen LogP) is 6.60. The number of rotatable bonds is 6. The van der Waals surface area contributed by atoms with Crippen LogP contribution in [0.25, 0.3) is 11.1 Å². The monoisotopic (exact) mass is 428 g/mol. The lowest BCUT2D eigenvalue weighted by atomic mass is 10.1. The third-order valence-corrected chi connectivity index (χ3v) is 7.19. The zero-order valence-electron chi connectivity index (χ0n) is 17.6. The van der Waals surface area contributed by atoms with Crippen LogP contribution in [0, 0.1) is 6.92 Å². The summed E-state index contributed by atoms with van der Waals surface area (Å²) >= 11 is 0. The third kappa shape index (κ3) is 4.65. The van der Waals surface area contributed by atoms with Crippen molar-refractivity contribution >= 4 is 15.4 Å². The summed E-state index contributed by atoms with van der Waals surface area (Å²) in [6.07, 6.45) is 0. The van der Waals surface area contributed by atoms with Gasteiger partial charge in [-0.05, 0) is 84.6 Å². The first-order chi connectivity index (χ1) is 15.0. The van der Waals surface area contributed by atoms with Gasteiger partial charge < -0.3 is 9.47 Å². The molecular weight excluding hydrogens is 404 g/mol. The molecule has 3 nitrogen and oxygen atoms in total. The molecule has 0 heterocycles. The van der Waals surface area contributed by atoms with Crippen molar-refractivity contribution in [3.05, 3.63) is 103 Å². The average molecular weight is 429 g/mol. The van der Waals surface area contributed by atoms with Crippen molar-refractivity contribution in [1.82, 2.24) is 0 Å². The number of hydrogen-bond acceptors (Lipinski definition) is 3. The lowest BCUT2D eigenvalue weighted by Gasteiger charge is -2.12. The molecule has 4 rings (SSSR count). The molecule has 31 heavy (non-hydrogen) atoms. The van der Waals surface area contributed by atoms with Gasteiger partial charge in [0.15, 0.2) is 0 Å². The number of benzene rings is 4. The fraction of sp³-hybridized carbons (Fsp3) is 0.0741. The van der Waals surface area contributed by atoms with Crippen LogP contribution in [0.1, 0.15) is 5.56 Å². The Morgan fingerprint density at radius 3 is 1.45 bits per heavy atom. The van der Waals surface area contributed by atoms with E-state index in [9.17, 15) is 4.21 Å². The second-order valence-corrected chi connectivity index (χ2v) is 9.61. The molecule has 0 bridgehead atoms. The Morgan fingerprint density at radius 1 is 0.613 bits per heavy atom. The van der Waals surface area contributed by atoms with Crippen molar-refractivity contribution < 1.29 is 13.7 Å². The molecule has 4 heteroatoms. The van der Waals surface area contributed by atoms with E-state index < -0.39 is 9.52 Å². The summed E-state index contributed by atoms with van der Waals surface area (Å²) in [5, 5.41) is 0. The van der Waals surface area contributed by atoms with Gasteiger partial charge in [0.05, 0.1) is 7.11 Å². The zero-order chi connectivity index (χ0) is 21.8. The van der Waals surface area contributed by atoms with Gasteiger partial charge in [-0.3, -0.25) is 4.21 Å². The lowest BCUT2D eigenvalue weighted by molar-refractivity contribution is 0.415. The summed E-state index contributed by atoms with van der Waals surface area (Å²) < 4.78 is 24.4. The van der Waals surface area contributed by atoms with Gasteiger partial charge in [-0.2, -0.15) is 0 Å². The maximum Gasteiger partial charge on any atom is 0.127 e. The molecule has 0 aliphatic heterocycles. The Morgan fingerprint density at radius 2 is 1.00 bits per heavy atom. The minimum atomic E-state index is -2.55. The highest BCUT2D eigenvalue weighted by atomic mass is 32.2. The van der Waals surface area contributed by atoms with E-state index in [4.69, 9.17) is 9.47 Å². The van der Waals surface area contributed by atoms with E-state index in [2.05, 4.69) is 5.87 Å². The van der Waals surface area contributed by atoms with Gasteiger partial charge in [-0.1, -0.05) is 42.0 Å². The van der Waals surface area contributed by atoms with Crippen LogP contribution >= 0.6 is 0 Å². The second kappa shape index (κ2) is 8.70. The molecule has 1 unspecified atom stereocenters. The fourth-order valence-corrected chi connectivity index (χ4v) is 4.68. The molecule has 0 aliphatic carbocycles. The first-order valence-electron chi connectivity index (χ1n) is 9.92. The van der Waals surface area contributed by atoms with Gasteiger partial charge in [0.25, 0.3) is 0 Å². The Balaban J connectivity index is 1.48. The van der Waals surface area contributed by atoms with Gasteiger partial charge >= 0.3 is 0 Å². The SMILES string of the molecule is C=S(=O)(c1ccc(C)cc1)c1ccc(Oc2ccc(-c3ccc(OC)cc3)cc2)cc1. The second-order valence-electron chi connectivity index (χ2n) is 7.31. The van der Waals surface area contributed by atoms with Crippen molar-refractivity contribution in [3.63, 3.8) is 0 Å². The van der Waals surface area contributed by atoms with E-state index in [1.54, 1.807) is 7.11 Å². The maximum absolute atomic E-state index is 13.2. The standard InChI is InChI=1S/C27H24O3S/c1-20-4-16-26(17-5-20)31(3,28)27-18-14-25(15-19-27)30-24-12-8-22(9-13-24)21-6-10-23(29-2)11-7-21/h4-19H,3H2,1-2H3. The van der Waals surface area contributed by atoms with E-state index in [0.717, 1.165) is 33.1 Å². The minimum absolute atomic E-state index is 0.679. The molecule has 0 aromatic heterocycles. The van der Waals surface area contributed by atoms with Gasteiger partial charge in [-0.25, -0.2) is 0 Å². The van der Waals surface area contributed by atoms with Crippen LogP contribution in [0.2, 0.25) is 0 Å². The van der Waals surface area contributed by atoms with Crippen LogP contribution < -0.4 is 9.47 Å². The van der Waals surface area contributed by atoms with Crippen molar-refractivity contribution in [1.29, 1.82) is 0 Å². The molecule has 0 N–H and O–H groups in total. The summed E-state index contributed by atoms with van der Waals surface area (Å²) in [5.41, 5.74) is 3.33. The predicted molar refractivity (Wildman–Crippen MR) is 128 cm³/mol. The summed E-state index contributed by atoms with van der Waals surface area (Å²) in [4.78, 5) is 1.40. The summed E-state index contributed by atoms with van der Waals surface area (Å²) in [7, 11) is -0.893. The van der Waals surface area contributed by atoms with Gasteiger partial charge in [0, 0.05) is 19.3 Å². The number of hydrogen-bond donors (Lipinski definition) is 0. The highest BCUT2D eigenvalue weighted by Gasteiger charge is 2.11. The summed E-state index contributed by atoms with van der Waals surface area (Å²) in [6, 6.07) is 30.8. The first kappa shape index (κ1) is 20.8. The van der Waals surface area contributed by atoms with Crippen molar-refractivity contribution in [2.75, 3.05) is 7.11 Å². The van der Waals surface area contributed by atoms with E-state index in [1.165, 1.54) is 0 Å². The van der Waals surface area contributed by atoms with E-state index in [1.807, 2.05) is 104 Å². The molecule has 0 spiro atoms. The molecule has 1 atom stereocenters. The van der Waals surface area contributed by atoms with Crippen molar-refractivity contribution in [3.8, 4) is 28.4 Å². The van der Waals surface area contributed by atoms with Gasteiger partial charge in [0.1, 0.15) is 17.2 Å². The van der Waals surface area contributed by atoms with Gasteiger partial charge in [-0.15, -0.1) is 0 Å². The van der Waals surface area contributed by atoms with Crippen LogP contribution in [-0.4, -0.2) is 17.2 Å². The van der Waals surface area contributed by atoms with Crippen LogP contribution in [-0.2, 0) is 9.52 Å². The maximum atomic E-state index is 13.2. The summed E-state index contributed by atoms with van der Waals surface area (Å²) in [5.74, 6) is 6.23. The molecule has 0 saturated heterocycles. The third-order valence-electron chi connectivity index (χ3n) is 5.12. The van der Waals surface area contributed by atoms with Gasteiger partial charge in [0.2, 0.25) is 0 Å². The average Bonchev–Trinajstić information content (AvgIpc) is 2.80. The van der Waals surface area contributed by atoms with Crippen LogP contribution in [0.5, 0.6) is 17.2 Å². The lowest BCUT2D eigenvalue weighted by Crippen LogP contribution is -2.01. The van der Waals surface area contributed by atoms with Crippen molar-refractivity contribution in [2.45, 2.75) is 16.7 Å². The molecule has 0 aliphatic rings. The Labute approximate surface area is 183 Å². The fourth-order valence-electron chi connectivity index (χ4n) is 3.26. The zero-order valence-corrected chi connectivity index (χ0v) is 18.4. The molecule has 0 saturated carbocycles. The molecule has 4 aromatic carbocycles. The van der Waals surface area contributed by atoms with E-state index in [0.29, 0.717) is 10.6 Å². The van der Waals surface area contributed by atoms with E-state index >= 15 is 0 Å². The van der Waals surface area contributed by atoms with Crippen LogP contribution in [0.3, 0.4) is 0 Å². The quantitative estimate of drug-likeness (QED) is 0.325. The number of aryl methyl sites for hydroxylation is 1. The molecule has 0 radical (unpaired) electrons. The van der Waals surface area contributed by atoms with Crippen LogP contribution in [0.4, 0.5) is 0 Å². The Bertz CT molecular complexity index is 1250. The highest BCUT2D eigenvalue weighted by molar-refractivity contribution is 8.00. The highest BCUT2D eigenvalue weighted by Crippen LogP contribution is 2.29. The molecular formula is C27H24O3S. The molecule has 4 aromatic rings. The van der Waals surface area contributed by atoms with Crippen molar-refractivity contribution in [2.24, 2.45) is 0 Å². The summed E-state index contributed by atoms with van der Waals surface area (Å²) in [6.45, 7) is 2.00. The topological polar surface area (TPSA) is 35.5 Å². The molecule has 0 amide bonds. The first-order valence-corrected chi connectivity index (χ1v) is 11.6.